The van der Waals surface area contributed by atoms with Crippen molar-refractivity contribution in [3.63, 3.8) is 0 Å². The van der Waals surface area contributed by atoms with Crippen molar-refractivity contribution in [2.75, 3.05) is 47.5 Å². The maximum absolute atomic E-state index is 12.3. The summed E-state index contributed by atoms with van der Waals surface area (Å²) in [5.41, 5.74) is 0.430. The molecule has 1 amide bonds. The van der Waals surface area contributed by atoms with E-state index in [2.05, 4.69) is 24.1 Å². The van der Waals surface area contributed by atoms with E-state index in [1.807, 2.05) is 0 Å². The van der Waals surface area contributed by atoms with Gasteiger partial charge < -0.3 is 24.4 Å². The second kappa shape index (κ2) is 9.15. The third-order valence-electron chi connectivity index (χ3n) is 3.56. The third kappa shape index (κ3) is 4.27. The van der Waals surface area contributed by atoms with E-state index in [0.29, 0.717) is 29.4 Å². The molecule has 0 saturated carbocycles. The number of benzene rings is 1. The van der Waals surface area contributed by atoms with Gasteiger partial charge in [-0.05, 0) is 25.2 Å². The number of hydrogen-bond donors (Lipinski definition) is 1. The van der Waals surface area contributed by atoms with Gasteiger partial charge in [0.25, 0.3) is 5.91 Å². The van der Waals surface area contributed by atoms with Crippen LogP contribution in [-0.4, -0.2) is 58.3 Å². The van der Waals surface area contributed by atoms with Crippen LogP contribution >= 0.6 is 0 Å². The lowest BCUT2D eigenvalue weighted by Crippen LogP contribution is -2.34. The molecule has 0 saturated heterocycles. The minimum Gasteiger partial charge on any atom is -0.493 e. The average Bonchev–Trinajstić information content (AvgIpc) is 2.56. The first-order valence-corrected chi connectivity index (χ1v) is 7.42. The second-order valence-electron chi connectivity index (χ2n) is 4.66. The summed E-state index contributed by atoms with van der Waals surface area (Å²) in [7, 11) is 4.56. The highest BCUT2D eigenvalue weighted by molar-refractivity contribution is 5.98. The van der Waals surface area contributed by atoms with Crippen LogP contribution in [0.5, 0.6) is 17.2 Å². The molecule has 0 aromatic heterocycles. The summed E-state index contributed by atoms with van der Waals surface area (Å²) >= 11 is 0. The first-order chi connectivity index (χ1) is 10.6. The number of nitrogens with zero attached hydrogens (tertiary/aromatic N) is 1. The third-order valence-corrected chi connectivity index (χ3v) is 3.56. The lowest BCUT2D eigenvalue weighted by molar-refractivity contribution is 0.0945. The zero-order valence-electron chi connectivity index (χ0n) is 14.1. The Bertz CT molecular complexity index is 487. The van der Waals surface area contributed by atoms with Crippen LogP contribution in [0.1, 0.15) is 24.2 Å². The topological polar surface area (TPSA) is 60.0 Å². The molecule has 0 aliphatic carbocycles. The van der Waals surface area contributed by atoms with Crippen molar-refractivity contribution in [2.24, 2.45) is 0 Å². The quantitative estimate of drug-likeness (QED) is 0.753. The van der Waals surface area contributed by atoms with Gasteiger partial charge in [0.1, 0.15) is 0 Å². The summed E-state index contributed by atoms with van der Waals surface area (Å²) in [5.74, 6) is 1.13. The Kier molecular flexibility index (Phi) is 7.52. The van der Waals surface area contributed by atoms with Crippen LogP contribution in [0, 0.1) is 0 Å². The van der Waals surface area contributed by atoms with Gasteiger partial charge in [-0.2, -0.15) is 0 Å². The molecule has 0 bridgehead atoms. The minimum atomic E-state index is -0.190. The molecule has 1 rings (SSSR count). The van der Waals surface area contributed by atoms with E-state index < -0.39 is 0 Å². The number of amides is 1. The highest BCUT2D eigenvalue weighted by Crippen LogP contribution is 2.39. The number of ether oxygens (including phenoxy) is 3. The van der Waals surface area contributed by atoms with Crippen LogP contribution in [0.2, 0.25) is 0 Å². The first-order valence-electron chi connectivity index (χ1n) is 7.42. The Hall–Kier alpha value is -1.95. The summed E-state index contributed by atoms with van der Waals surface area (Å²) in [5, 5.41) is 2.90. The predicted octanol–water partition coefficient (Wildman–Crippen LogP) is 1.78. The van der Waals surface area contributed by atoms with Crippen molar-refractivity contribution >= 4 is 5.91 Å². The SMILES string of the molecule is CCN(CC)CCNC(=O)c1ccc(OC)c(OC)c1OC. The molecule has 0 aliphatic heterocycles. The van der Waals surface area contributed by atoms with E-state index in [0.717, 1.165) is 19.6 Å². The standard InChI is InChI=1S/C16H26N2O4/c1-6-18(7-2)11-10-17-16(19)12-8-9-13(20-3)15(22-5)14(12)21-4/h8-9H,6-7,10-11H2,1-5H3,(H,17,19). The van der Waals surface area contributed by atoms with E-state index >= 15 is 0 Å². The summed E-state index contributed by atoms with van der Waals surface area (Å²) in [4.78, 5) is 14.6. The monoisotopic (exact) mass is 310 g/mol. The number of likely N-dealkylation sites (N-methyl/N-ethyl adjacent to an activating group) is 1. The summed E-state index contributed by atoms with van der Waals surface area (Å²) in [6, 6.07) is 3.37. The van der Waals surface area contributed by atoms with Crippen LogP contribution in [0.25, 0.3) is 0 Å². The smallest absolute Gasteiger partial charge is 0.255 e. The van der Waals surface area contributed by atoms with Gasteiger partial charge in [0, 0.05) is 13.1 Å². The van der Waals surface area contributed by atoms with Gasteiger partial charge in [-0.15, -0.1) is 0 Å². The average molecular weight is 310 g/mol. The van der Waals surface area contributed by atoms with Gasteiger partial charge >= 0.3 is 0 Å². The molecule has 1 aromatic rings. The van der Waals surface area contributed by atoms with E-state index in [9.17, 15) is 4.79 Å². The number of carbonyl (C=O) groups is 1. The molecule has 0 radical (unpaired) electrons. The molecular formula is C16H26N2O4. The molecule has 0 unspecified atom stereocenters. The van der Waals surface area contributed by atoms with Crippen molar-refractivity contribution in [3.05, 3.63) is 17.7 Å². The molecule has 6 nitrogen and oxygen atoms in total. The number of hydrogen-bond acceptors (Lipinski definition) is 5. The van der Waals surface area contributed by atoms with Crippen LogP contribution in [0.15, 0.2) is 12.1 Å². The van der Waals surface area contributed by atoms with Crippen molar-refractivity contribution < 1.29 is 19.0 Å². The summed E-state index contributed by atoms with van der Waals surface area (Å²) < 4.78 is 15.8. The summed E-state index contributed by atoms with van der Waals surface area (Å²) in [6.07, 6.45) is 0. The molecule has 1 N–H and O–H groups in total. The number of rotatable bonds is 9. The van der Waals surface area contributed by atoms with E-state index in [1.165, 1.54) is 14.2 Å². The van der Waals surface area contributed by atoms with E-state index in [-0.39, 0.29) is 5.91 Å². The van der Waals surface area contributed by atoms with E-state index in [4.69, 9.17) is 14.2 Å². The van der Waals surface area contributed by atoms with Gasteiger partial charge in [0.05, 0.1) is 26.9 Å². The number of carbonyl (C=O) groups excluding carboxylic acids is 1. The Morgan fingerprint density at radius 2 is 1.68 bits per heavy atom. The van der Waals surface area contributed by atoms with Gasteiger partial charge in [-0.3, -0.25) is 4.79 Å². The molecule has 0 fully saturated rings. The zero-order valence-corrected chi connectivity index (χ0v) is 14.1. The van der Waals surface area contributed by atoms with Gasteiger partial charge in [-0.25, -0.2) is 0 Å². The highest BCUT2D eigenvalue weighted by Gasteiger charge is 2.20. The van der Waals surface area contributed by atoms with E-state index in [1.54, 1.807) is 19.2 Å². The van der Waals surface area contributed by atoms with Crippen molar-refractivity contribution in [1.29, 1.82) is 0 Å². The largest absolute Gasteiger partial charge is 0.493 e. The molecule has 124 valence electrons. The number of nitrogens with one attached hydrogen (secondary N) is 1. The normalized spacial score (nSPS) is 10.5. The molecule has 6 heteroatoms. The van der Waals surface area contributed by atoms with Gasteiger partial charge in [0.2, 0.25) is 5.75 Å². The fraction of sp³-hybridized carbons (Fsp3) is 0.562. The second-order valence-corrected chi connectivity index (χ2v) is 4.66. The van der Waals surface area contributed by atoms with Crippen LogP contribution in [0.3, 0.4) is 0 Å². The fourth-order valence-corrected chi connectivity index (χ4v) is 2.24. The van der Waals surface area contributed by atoms with Gasteiger partial charge in [0.15, 0.2) is 11.5 Å². The van der Waals surface area contributed by atoms with Gasteiger partial charge in [-0.1, -0.05) is 13.8 Å². The molecule has 0 spiro atoms. The maximum atomic E-state index is 12.3. The molecular weight excluding hydrogens is 284 g/mol. The Labute approximate surface area is 132 Å². The molecule has 1 aromatic carbocycles. The molecule has 22 heavy (non-hydrogen) atoms. The highest BCUT2D eigenvalue weighted by atomic mass is 16.5. The predicted molar refractivity (Wildman–Crippen MR) is 86.2 cm³/mol. The van der Waals surface area contributed by atoms with Crippen molar-refractivity contribution in [3.8, 4) is 17.2 Å². The van der Waals surface area contributed by atoms with Crippen LogP contribution in [-0.2, 0) is 0 Å². The lowest BCUT2D eigenvalue weighted by atomic mass is 10.1. The Balaban J connectivity index is 2.85. The van der Waals surface area contributed by atoms with Crippen molar-refractivity contribution in [2.45, 2.75) is 13.8 Å². The summed E-state index contributed by atoms with van der Waals surface area (Å²) in [6.45, 7) is 7.52. The van der Waals surface area contributed by atoms with Crippen molar-refractivity contribution in [1.82, 2.24) is 10.2 Å². The Morgan fingerprint density at radius 1 is 1.05 bits per heavy atom. The molecule has 0 heterocycles. The minimum absolute atomic E-state index is 0.190. The first kappa shape index (κ1) is 18.1. The molecule has 0 aliphatic rings. The van der Waals surface area contributed by atoms with Crippen LogP contribution < -0.4 is 19.5 Å². The maximum Gasteiger partial charge on any atom is 0.255 e. The zero-order chi connectivity index (χ0) is 16.5. The fourth-order valence-electron chi connectivity index (χ4n) is 2.24. The number of methoxy groups -OCH3 is 3. The lowest BCUT2D eigenvalue weighted by Gasteiger charge is -2.19. The molecule has 0 atom stereocenters. The van der Waals surface area contributed by atoms with Crippen LogP contribution in [0.4, 0.5) is 0 Å². The Morgan fingerprint density at radius 3 is 2.18 bits per heavy atom.